The van der Waals surface area contributed by atoms with Gasteiger partial charge in [-0.25, -0.2) is 4.98 Å². The largest absolute Gasteiger partial charge is 0.334 e. The van der Waals surface area contributed by atoms with Crippen molar-refractivity contribution >= 4 is 45.6 Å². The summed E-state index contributed by atoms with van der Waals surface area (Å²) in [4.78, 5) is 10.4. The molecule has 1 aliphatic carbocycles. The summed E-state index contributed by atoms with van der Waals surface area (Å²) in [5.74, 6) is 0.802. The molecule has 2 saturated heterocycles. The number of aromatic nitrogens is 1. The lowest BCUT2D eigenvalue weighted by Crippen LogP contribution is -2.39. The number of nitrogens with one attached hydrogen (secondary N) is 2. The van der Waals surface area contributed by atoms with E-state index >= 15 is 0 Å². The fourth-order valence-electron chi connectivity index (χ4n) is 5.62. The van der Waals surface area contributed by atoms with Crippen LogP contribution in [0.1, 0.15) is 57.4 Å². The molecule has 3 heterocycles. The quantitative estimate of drug-likeness (QED) is 0.394. The first-order chi connectivity index (χ1) is 16.5. The lowest BCUT2D eigenvalue weighted by atomic mass is 9.94. The predicted octanol–water partition coefficient (Wildman–Crippen LogP) is 5.76. The molecule has 3 aliphatic rings. The molecule has 1 saturated carbocycles. The second-order valence-electron chi connectivity index (χ2n) is 10.6. The van der Waals surface area contributed by atoms with Gasteiger partial charge in [0.25, 0.3) is 0 Å². The Bertz CT molecular complexity index is 1090. The van der Waals surface area contributed by atoms with Crippen molar-refractivity contribution < 1.29 is 0 Å². The summed E-state index contributed by atoms with van der Waals surface area (Å²) < 4.78 is 0. The lowest BCUT2D eigenvalue weighted by molar-refractivity contribution is 0.193. The minimum atomic E-state index is 0.694. The van der Waals surface area contributed by atoms with Crippen LogP contribution in [0.25, 0.3) is 16.3 Å². The van der Waals surface area contributed by atoms with Gasteiger partial charge in [0.15, 0.2) is 0 Å². The van der Waals surface area contributed by atoms with Crippen molar-refractivity contribution in [2.24, 2.45) is 5.41 Å². The molecule has 2 aromatic rings. The van der Waals surface area contributed by atoms with Gasteiger partial charge in [0, 0.05) is 30.9 Å². The fraction of sp³-hybridized carbons (Fsp3) is 0.536. The number of anilines is 1. The Kier molecular flexibility index (Phi) is 7.09. The first kappa shape index (κ1) is 23.6. The maximum atomic E-state index is 8.09. The molecular formula is C28H37N5S. The highest BCUT2D eigenvalue weighted by atomic mass is 32.1. The Morgan fingerprint density at radius 2 is 1.74 bits per heavy atom. The van der Waals surface area contributed by atoms with Crippen LogP contribution in [0.4, 0.5) is 5.82 Å². The van der Waals surface area contributed by atoms with Gasteiger partial charge < -0.3 is 10.7 Å². The van der Waals surface area contributed by atoms with Crippen molar-refractivity contribution in [2.45, 2.75) is 51.9 Å². The number of fused-ring (bicyclic) bond motifs is 1. The summed E-state index contributed by atoms with van der Waals surface area (Å²) in [5.41, 5.74) is 4.07. The van der Waals surface area contributed by atoms with E-state index in [4.69, 9.17) is 17.6 Å². The van der Waals surface area contributed by atoms with Gasteiger partial charge in [-0.05, 0) is 111 Å². The first-order valence-corrected chi connectivity index (χ1v) is 13.3. The normalized spacial score (nSPS) is 21.3. The van der Waals surface area contributed by atoms with Gasteiger partial charge in [0.2, 0.25) is 0 Å². The van der Waals surface area contributed by atoms with Crippen LogP contribution in [0.3, 0.4) is 0 Å². The number of likely N-dealkylation sites (tertiary alicyclic amines) is 2. The molecule has 1 aromatic heterocycles. The zero-order valence-corrected chi connectivity index (χ0v) is 21.2. The van der Waals surface area contributed by atoms with Gasteiger partial charge in [0.1, 0.15) is 5.82 Å². The zero-order valence-electron chi connectivity index (χ0n) is 20.4. The number of hydrogen-bond acceptors (Lipinski definition) is 5. The van der Waals surface area contributed by atoms with Crippen molar-refractivity contribution in [1.29, 1.82) is 5.41 Å². The molecule has 5 nitrogen and oxygen atoms in total. The molecule has 2 N–H and O–H groups in total. The summed E-state index contributed by atoms with van der Waals surface area (Å²) in [5, 5.41) is 13.7. The van der Waals surface area contributed by atoms with E-state index in [9.17, 15) is 0 Å². The van der Waals surface area contributed by atoms with Crippen LogP contribution < -0.4 is 5.32 Å². The number of pyridine rings is 1. The van der Waals surface area contributed by atoms with Gasteiger partial charge >= 0.3 is 0 Å². The maximum Gasteiger partial charge on any atom is 0.131 e. The molecule has 3 fully saturated rings. The molecule has 2 aliphatic heterocycles. The first-order valence-electron chi connectivity index (χ1n) is 12.9. The van der Waals surface area contributed by atoms with Crippen molar-refractivity contribution in [3.63, 3.8) is 0 Å². The molecule has 0 unspecified atom stereocenters. The third-order valence-electron chi connectivity index (χ3n) is 8.05. The Balaban J connectivity index is 1.27. The van der Waals surface area contributed by atoms with E-state index in [1.54, 1.807) is 0 Å². The second-order valence-corrected chi connectivity index (χ2v) is 11.1. The monoisotopic (exact) mass is 475 g/mol. The molecule has 0 amide bonds. The third-order valence-corrected chi connectivity index (χ3v) is 8.29. The van der Waals surface area contributed by atoms with Gasteiger partial charge in [-0.3, -0.25) is 9.80 Å². The second kappa shape index (κ2) is 10.2. The Labute approximate surface area is 209 Å². The molecule has 0 bridgehead atoms. The number of nitrogens with zero attached hydrogens (tertiary/aromatic N) is 3. The van der Waals surface area contributed by atoms with Gasteiger partial charge in [-0.2, -0.15) is 0 Å². The molecule has 6 heteroatoms. The Morgan fingerprint density at radius 1 is 1.00 bits per heavy atom. The summed E-state index contributed by atoms with van der Waals surface area (Å²) in [7, 11) is 0. The van der Waals surface area contributed by atoms with E-state index in [-0.39, 0.29) is 0 Å². The van der Waals surface area contributed by atoms with E-state index < -0.39 is 0 Å². The number of rotatable bonds is 7. The number of hydrogen-bond donors (Lipinski definition) is 2. The van der Waals surface area contributed by atoms with E-state index in [1.165, 1.54) is 69.8 Å². The third kappa shape index (κ3) is 5.56. The molecule has 5 rings (SSSR count). The predicted molar refractivity (Wildman–Crippen MR) is 147 cm³/mol. The van der Waals surface area contributed by atoms with Crippen molar-refractivity contribution in [3.05, 3.63) is 41.6 Å². The van der Waals surface area contributed by atoms with Crippen LogP contribution in [0.15, 0.2) is 36.0 Å². The highest BCUT2D eigenvalue weighted by molar-refractivity contribution is 7.80. The standard InChI is InChI=1S/C28H37N5S/c1-21(19-32-11-3-2-4-12-32)25(17-29)22-5-6-23-18-30-26(16-24(23)15-22)31-27(34)20-33-13-9-28(7-8-28)10-14-33/h5-6,15-18,29H,2-4,7-14,19-20H2,1H3,(H,30,31,34)/b25-21-,29-17?. The van der Waals surface area contributed by atoms with Crippen LogP contribution in [0.5, 0.6) is 0 Å². The van der Waals surface area contributed by atoms with Gasteiger partial charge in [0.05, 0.1) is 4.99 Å². The zero-order chi connectivity index (χ0) is 23.5. The average Bonchev–Trinajstić information content (AvgIpc) is 3.60. The molecule has 0 radical (unpaired) electrons. The minimum absolute atomic E-state index is 0.694. The van der Waals surface area contributed by atoms with Crippen LogP contribution in [-0.2, 0) is 0 Å². The molecule has 34 heavy (non-hydrogen) atoms. The van der Waals surface area contributed by atoms with Crippen molar-refractivity contribution in [1.82, 2.24) is 14.8 Å². The van der Waals surface area contributed by atoms with Gasteiger partial charge in [-0.1, -0.05) is 30.8 Å². The Morgan fingerprint density at radius 3 is 2.44 bits per heavy atom. The van der Waals surface area contributed by atoms with E-state index in [2.05, 4.69) is 51.3 Å². The van der Waals surface area contributed by atoms with E-state index in [1.807, 2.05) is 6.20 Å². The number of piperidine rings is 2. The minimum Gasteiger partial charge on any atom is -0.334 e. The molecule has 180 valence electrons. The average molecular weight is 476 g/mol. The van der Waals surface area contributed by atoms with Crippen LogP contribution in [0, 0.1) is 10.8 Å². The summed E-state index contributed by atoms with van der Waals surface area (Å²) in [6.07, 6.45) is 12.8. The molecular weight excluding hydrogens is 438 g/mol. The van der Waals surface area contributed by atoms with Crippen LogP contribution in [-0.4, -0.2) is 65.3 Å². The van der Waals surface area contributed by atoms with Gasteiger partial charge in [-0.15, -0.1) is 0 Å². The SMILES string of the molecule is C/C(CN1CCCCC1)=C(\C=N)c1ccc2cnc(NC(=S)CN3CCC4(CC3)CC4)cc2c1. The smallest absolute Gasteiger partial charge is 0.131 e. The summed E-state index contributed by atoms with van der Waals surface area (Å²) >= 11 is 5.68. The molecule has 1 aromatic carbocycles. The lowest BCUT2D eigenvalue weighted by Gasteiger charge is -2.32. The van der Waals surface area contributed by atoms with Crippen LogP contribution >= 0.6 is 12.2 Å². The molecule has 0 atom stereocenters. The topological polar surface area (TPSA) is 55.3 Å². The highest BCUT2D eigenvalue weighted by Crippen LogP contribution is 2.53. The fourth-order valence-corrected chi connectivity index (χ4v) is 5.90. The molecule has 1 spiro atoms. The summed E-state index contributed by atoms with van der Waals surface area (Å²) in [6, 6.07) is 8.50. The van der Waals surface area contributed by atoms with Crippen molar-refractivity contribution in [2.75, 3.05) is 44.6 Å². The highest BCUT2D eigenvalue weighted by Gasteiger charge is 2.44. The van der Waals surface area contributed by atoms with E-state index in [0.717, 1.165) is 58.9 Å². The maximum absolute atomic E-state index is 8.09. The number of allylic oxidation sites excluding steroid dienone is 1. The number of benzene rings is 1. The van der Waals surface area contributed by atoms with Crippen LogP contribution in [0.2, 0.25) is 0 Å². The van der Waals surface area contributed by atoms with E-state index in [0.29, 0.717) is 5.41 Å². The summed E-state index contributed by atoms with van der Waals surface area (Å²) in [6.45, 7) is 8.57. The van der Waals surface area contributed by atoms with Crippen molar-refractivity contribution in [3.8, 4) is 0 Å². The number of thiocarbonyl (C=S) groups is 1. The Hall–Kier alpha value is -2.15.